The van der Waals surface area contributed by atoms with E-state index in [-0.39, 0.29) is 5.97 Å². The van der Waals surface area contributed by atoms with Crippen LogP contribution in [0.3, 0.4) is 0 Å². The molecule has 0 aliphatic carbocycles. The van der Waals surface area contributed by atoms with Gasteiger partial charge in [-0.15, -0.1) is 0 Å². The van der Waals surface area contributed by atoms with E-state index in [1.165, 1.54) is 0 Å². The van der Waals surface area contributed by atoms with Crippen molar-refractivity contribution in [2.24, 2.45) is 11.3 Å². The molecule has 0 aromatic heterocycles. The van der Waals surface area contributed by atoms with Gasteiger partial charge in [0.25, 0.3) is 0 Å². The second-order valence-corrected chi connectivity index (χ2v) is 4.61. The van der Waals surface area contributed by atoms with Gasteiger partial charge in [0, 0.05) is 6.42 Å². The van der Waals surface area contributed by atoms with Gasteiger partial charge < -0.3 is 4.74 Å². The van der Waals surface area contributed by atoms with Crippen molar-refractivity contribution in [3.8, 4) is 0 Å². The van der Waals surface area contributed by atoms with E-state index >= 15 is 0 Å². The van der Waals surface area contributed by atoms with Gasteiger partial charge in [-0.2, -0.15) is 0 Å². The van der Waals surface area contributed by atoms with Gasteiger partial charge in [-0.05, 0) is 24.2 Å². The van der Waals surface area contributed by atoms with E-state index in [1.807, 2.05) is 0 Å². The normalized spacial score (nSPS) is 26.2. The van der Waals surface area contributed by atoms with E-state index in [0.29, 0.717) is 24.4 Å². The zero-order valence-electron chi connectivity index (χ0n) is 8.22. The summed E-state index contributed by atoms with van der Waals surface area (Å²) in [5.74, 6) is 0.603. The first-order chi connectivity index (χ1) is 5.50. The molecule has 1 fully saturated rings. The molecule has 0 spiro atoms. The molecule has 0 aromatic carbocycles. The van der Waals surface area contributed by atoms with Crippen LogP contribution in [0.4, 0.5) is 0 Å². The maximum absolute atomic E-state index is 10.9. The molecule has 2 nitrogen and oxygen atoms in total. The lowest BCUT2D eigenvalue weighted by molar-refractivity contribution is -0.142. The first kappa shape index (κ1) is 9.56. The fraction of sp³-hybridized carbons (Fsp3) is 0.900. The summed E-state index contributed by atoms with van der Waals surface area (Å²) in [5.41, 5.74) is 0.313. The van der Waals surface area contributed by atoms with Gasteiger partial charge in [0.1, 0.15) is 0 Å². The van der Waals surface area contributed by atoms with Crippen molar-refractivity contribution in [3.05, 3.63) is 0 Å². The second kappa shape index (κ2) is 3.46. The summed E-state index contributed by atoms with van der Waals surface area (Å²) in [6.07, 6.45) is 2.61. The highest BCUT2D eigenvalue weighted by Crippen LogP contribution is 2.33. The topological polar surface area (TPSA) is 26.3 Å². The minimum atomic E-state index is -0.0262. The van der Waals surface area contributed by atoms with Crippen LogP contribution in [0, 0.1) is 11.3 Å². The third-order valence-electron chi connectivity index (χ3n) is 2.65. The van der Waals surface area contributed by atoms with Gasteiger partial charge >= 0.3 is 5.97 Å². The molecule has 1 saturated heterocycles. The molecule has 0 aromatic rings. The smallest absolute Gasteiger partial charge is 0.305 e. The Labute approximate surface area is 74.3 Å². The Balaban J connectivity index is 2.52. The number of cyclic esters (lactones) is 1. The van der Waals surface area contributed by atoms with Crippen LogP contribution in [-0.4, -0.2) is 12.6 Å². The van der Waals surface area contributed by atoms with E-state index in [4.69, 9.17) is 4.74 Å². The summed E-state index contributed by atoms with van der Waals surface area (Å²) < 4.78 is 4.99. The molecule has 1 heterocycles. The van der Waals surface area contributed by atoms with Gasteiger partial charge in [-0.3, -0.25) is 4.79 Å². The SMILES string of the molecule is CC(C)(C)[C@@H]1CCOC(=O)CC1. The predicted molar refractivity (Wildman–Crippen MR) is 47.8 cm³/mol. The zero-order valence-corrected chi connectivity index (χ0v) is 8.22. The van der Waals surface area contributed by atoms with E-state index in [1.54, 1.807) is 0 Å². The third kappa shape index (κ3) is 2.50. The molecule has 70 valence electrons. The molecule has 0 unspecified atom stereocenters. The molecule has 12 heavy (non-hydrogen) atoms. The minimum Gasteiger partial charge on any atom is -0.466 e. The first-order valence-electron chi connectivity index (χ1n) is 4.66. The Morgan fingerprint density at radius 3 is 2.58 bits per heavy atom. The van der Waals surface area contributed by atoms with Crippen molar-refractivity contribution in [1.29, 1.82) is 0 Å². The number of esters is 1. The van der Waals surface area contributed by atoms with Gasteiger partial charge in [0.05, 0.1) is 6.61 Å². The molecule has 0 N–H and O–H groups in total. The van der Waals surface area contributed by atoms with Crippen LogP contribution < -0.4 is 0 Å². The van der Waals surface area contributed by atoms with E-state index in [0.717, 1.165) is 12.8 Å². The standard InChI is InChI=1S/C10H18O2/c1-10(2,3)8-4-5-9(11)12-7-6-8/h8H,4-7H2,1-3H3/t8-/m0/s1. The fourth-order valence-electron chi connectivity index (χ4n) is 1.69. The van der Waals surface area contributed by atoms with Crippen LogP contribution >= 0.6 is 0 Å². The molecule has 0 radical (unpaired) electrons. The Kier molecular flexibility index (Phi) is 2.76. The van der Waals surface area contributed by atoms with Crippen molar-refractivity contribution >= 4 is 5.97 Å². The quantitative estimate of drug-likeness (QED) is 0.522. The van der Waals surface area contributed by atoms with Crippen LogP contribution in [0.2, 0.25) is 0 Å². The lowest BCUT2D eigenvalue weighted by atomic mass is 9.77. The maximum Gasteiger partial charge on any atom is 0.305 e. The van der Waals surface area contributed by atoms with Gasteiger partial charge in [0.2, 0.25) is 0 Å². The molecule has 1 aliphatic heterocycles. The summed E-state index contributed by atoms with van der Waals surface area (Å²) in [6, 6.07) is 0. The molecule has 0 amide bonds. The Bertz CT molecular complexity index is 167. The number of carbonyl (C=O) groups is 1. The van der Waals surface area contributed by atoms with Crippen molar-refractivity contribution in [2.45, 2.75) is 40.0 Å². The molecule has 1 aliphatic rings. The van der Waals surface area contributed by atoms with E-state index < -0.39 is 0 Å². The van der Waals surface area contributed by atoms with Crippen LogP contribution in [0.5, 0.6) is 0 Å². The third-order valence-corrected chi connectivity index (χ3v) is 2.65. The highest BCUT2D eigenvalue weighted by Gasteiger charge is 2.27. The molecule has 1 rings (SSSR count). The Morgan fingerprint density at radius 1 is 1.33 bits per heavy atom. The number of hydrogen-bond donors (Lipinski definition) is 0. The zero-order chi connectivity index (χ0) is 9.19. The lowest BCUT2D eigenvalue weighted by Crippen LogP contribution is -2.20. The predicted octanol–water partition coefficient (Wildman–Crippen LogP) is 2.38. The van der Waals surface area contributed by atoms with E-state index in [2.05, 4.69) is 20.8 Å². The molecule has 2 heteroatoms. The number of hydrogen-bond acceptors (Lipinski definition) is 2. The number of rotatable bonds is 0. The molecular formula is C10H18O2. The second-order valence-electron chi connectivity index (χ2n) is 4.61. The Hall–Kier alpha value is -0.530. The van der Waals surface area contributed by atoms with Gasteiger partial charge in [-0.1, -0.05) is 20.8 Å². The maximum atomic E-state index is 10.9. The number of ether oxygens (including phenoxy) is 1. The van der Waals surface area contributed by atoms with Gasteiger partial charge in [-0.25, -0.2) is 0 Å². The van der Waals surface area contributed by atoms with Gasteiger partial charge in [0.15, 0.2) is 0 Å². The van der Waals surface area contributed by atoms with Crippen LogP contribution in [0.25, 0.3) is 0 Å². The summed E-state index contributed by atoms with van der Waals surface area (Å²) in [7, 11) is 0. The summed E-state index contributed by atoms with van der Waals surface area (Å²) in [5, 5.41) is 0. The lowest BCUT2D eigenvalue weighted by Gasteiger charge is -2.28. The molecule has 0 bridgehead atoms. The minimum absolute atomic E-state index is 0.0262. The highest BCUT2D eigenvalue weighted by atomic mass is 16.5. The molecule has 0 saturated carbocycles. The molecule has 1 atom stereocenters. The van der Waals surface area contributed by atoms with Crippen molar-refractivity contribution < 1.29 is 9.53 Å². The fourth-order valence-corrected chi connectivity index (χ4v) is 1.69. The monoisotopic (exact) mass is 170 g/mol. The van der Waals surface area contributed by atoms with Crippen LogP contribution in [-0.2, 0) is 9.53 Å². The summed E-state index contributed by atoms with van der Waals surface area (Å²) >= 11 is 0. The molecular weight excluding hydrogens is 152 g/mol. The average Bonchev–Trinajstić information content (AvgIpc) is 2.11. The highest BCUT2D eigenvalue weighted by molar-refractivity contribution is 5.69. The summed E-state index contributed by atoms with van der Waals surface area (Å²) in [6.45, 7) is 7.30. The largest absolute Gasteiger partial charge is 0.466 e. The first-order valence-corrected chi connectivity index (χ1v) is 4.66. The Morgan fingerprint density at radius 2 is 2.00 bits per heavy atom. The average molecular weight is 170 g/mol. The van der Waals surface area contributed by atoms with Crippen LogP contribution in [0.15, 0.2) is 0 Å². The van der Waals surface area contributed by atoms with Crippen LogP contribution in [0.1, 0.15) is 40.0 Å². The van der Waals surface area contributed by atoms with Crippen molar-refractivity contribution in [2.75, 3.05) is 6.61 Å². The van der Waals surface area contributed by atoms with Crippen molar-refractivity contribution in [1.82, 2.24) is 0 Å². The van der Waals surface area contributed by atoms with E-state index in [9.17, 15) is 4.79 Å². The van der Waals surface area contributed by atoms with Crippen molar-refractivity contribution in [3.63, 3.8) is 0 Å². The number of carbonyl (C=O) groups excluding carboxylic acids is 1. The summed E-state index contributed by atoms with van der Waals surface area (Å²) in [4.78, 5) is 10.9.